The summed E-state index contributed by atoms with van der Waals surface area (Å²) in [5.41, 5.74) is 6.30. The summed E-state index contributed by atoms with van der Waals surface area (Å²) in [6, 6.07) is 11.1. The number of aromatic nitrogens is 1. The van der Waals surface area contributed by atoms with Crippen molar-refractivity contribution in [1.29, 1.82) is 0 Å². The maximum atomic E-state index is 11.9. The van der Waals surface area contributed by atoms with Crippen molar-refractivity contribution in [3.8, 4) is 11.3 Å². The molecule has 0 atom stereocenters. The first-order valence-corrected chi connectivity index (χ1v) is 12.4. The average molecular weight is 457 g/mol. The highest BCUT2D eigenvalue weighted by molar-refractivity contribution is 7.89. The fraction of sp³-hybridized carbons (Fsp3) is 0.304. The Morgan fingerprint density at radius 3 is 2.52 bits per heavy atom. The third-order valence-corrected chi connectivity index (χ3v) is 7.45. The van der Waals surface area contributed by atoms with Gasteiger partial charge in [0, 0.05) is 31.0 Å². The van der Waals surface area contributed by atoms with Crippen LogP contribution in [0.4, 0.5) is 5.69 Å². The molecule has 0 saturated carbocycles. The van der Waals surface area contributed by atoms with Gasteiger partial charge in [0.05, 0.1) is 27.6 Å². The van der Waals surface area contributed by atoms with Crippen LogP contribution < -0.4 is 4.72 Å². The second kappa shape index (κ2) is 9.72. The lowest BCUT2D eigenvalue weighted by molar-refractivity contribution is 0.552. The molecule has 1 N–H and O–H groups in total. The summed E-state index contributed by atoms with van der Waals surface area (Å²) in [6.07, 6.45) is 2.62. The molecule has 1 heterocycles. The molecule has 0 spiro atoms. The van der Waals surface area contributed by atoms with Crippen molar-refractivity contribution >= 4 is 33.4 Å². The van der Waals surface area contributed by atoms with Crippen LogP contribution in [-0.2, 0) is 16.4 Å². The Hall–Kier alpha value is -2.55. The molecule has 31 heavy (non-hydrogen) atoms. The van der Waals surface area contributed by atoms with Gasteiger partial charge in [-0.25, -0.2) is 23.1 Å². The monoisotopic (exact) mass is 456 g/mol. The van der Waals surface area contributed by atoms with E-state index in [-0.39, 0.29) is 4.90 Å². The van der Waals surface area contributed by atoms with Crippen LogP contribution >= 0.6 is 11.3 Å². The van der Waals surface area contributed by atoms with E-state index in [4.69, 9.17) is 4.98 Å². The molecule has 164 valence electrons. The van der Waals surface area contributed by atoms with Gasteiger partial charge in [-0.1, -0.05) is 18.2 Å². The van der Waals surface area contributed by atoms with Gasteiger partial charge in [-0.15, -0.1) is 11.3 Å². The first kappa shape index (κ1) is 23.1. The topological polar surface area (TPSA) is 74.7 Å². The van der Waals surface area contributed by atoms with Gasteiger partial charge < -0.3 is 4.90 Å². The standard InChI is InChI=1S/C23H28N4O2S2/c1-6-27(5)15-25-21-12-16(2)19(11-17(21)3)13-23-26-22(14-30-23)18-7-9-20(10-8-18)31(28,29)24-4/h7-12,14-15,24H,6,13H2,1-5H3/b25-15+. The molecule has 0 aliphatic heterocycles. The quantitative estimate of drug-likeness (QED) is 0.399. The fourth-order valence-corrected chi connectivity index (χ4v) is 4.60. The maximum Gasteiger partial charge on any atom is 0.240 e. The molecule has 0 radical (unpaired) electrons. The van der Waals surface area contributed by atoms with E-state index in [1.807, 2.05) is 23.7 Å². The largest absolute Gasteiger partial charge is 0.366 e. The summed E-state index contributed by atoms with van der Waals surface area (Å²) in [5.74, 6) is 0. The number of benzene rings is 2. The van der Waals surface area contributed by atoms with Gasteiger partial charge in [0.25, 0.3) is 0 Å². The summed E-state index contributed by atoms with van der Waals surface area (Å²) >= 11 is 1.61. The van der Waals surface area contributed by atoms with E-state index >= 15 is 0 Å². The molecule has 0 aliphatic rings. The molecule has 0 unspecified atom stereocenters. The SMILES string of the molecule is CCN(C)/C=N/c1cc(C)c(Cc2nc(-c3ccc(S(=O)(=O)NC)cc3)cs2)cc1C. The van der Waals surface area contributed by atoms with Crippen LogP contribution in [0.3, 0.4) is 0 Å². The Kier molecular flexibility index (Phi) is 7.25. The Labute approximate surface area is 188 Å². The number of aliphatic imine (C=N–C) groups is 1. The number of hydrogen-bond acceptors (Lipinski definition) is 5. The Balaban J connectivity index is 1.78. The van der Waals surface area contributed by atoms with Crippen LogP contribution in [0.15, 0.2) is 51.7 Å². The predicted molar refractivity (Wildman–Crippen MR) is 129 cm³/mol. The molecule has 0 saturated heterocycles. The number of hydrogen-bond donors (Lipinski definition) is 1. The van der Waals surface area contributed by atoms with E-state index in [2.05, 4.69) is 42.6 Å². The van der Waals surface area contributed by atoms with Crippen LogP contribution in [0.5, 0.6) is 0 Å². The molecule has 0 aliphatic carbocycles. The van der Waals surface area contributed by atoms with E-state index < -0.39 is 10.0 Å². The Morgan fingerprint density at radius 1 is 1.16 bits per heavy atom. The molecule has 8 heteroatoms. The number of nitrogens with zero attached hydrogens (tertiary/aromatic N) is 3. The average Bonchev–Trinajstić information content (AvgIpc) is 3.23. The minimum absolute atomic E-state index is 0.244. The van der Waals surface area contributed by atoms with Gasteiger partial charge in [-0.05, 0) is 62.7 Å². The Bertz CT molecular complexity index is 1180. The summed E-state index contributed by atoms with van der Waals surface area (Å²) in [5, 5.41) is 3.03. The lowest BCUT2D eigenvalue weighted by Crippen LogP contribution is -2.18. The molecule has 6 nitrogen and oxygen atoms in total. The molecule has 3 aromatic rings. The summed E-state index contributed by atoms with van der Waals surface area (Å²) in [7, 11) is -0.0239. The van der Waals surface area contributed by atoms with Gasteiger partial charge in [-0.3, -0.25) is 0 Å². The highest BCUT2D eigenvalue weighted by Crippen LogP contribution is 2.28. The van der Waals surface area contributed by atoms with Gasteiger partial charge in [-0.2, -0.15) is 0 Å². The highest BCUT2D eigenvalue weighted by Gasteiger charge is 2.13. The molecule has 1 aromatic heterocycles. The van der Waals surface area contributed by atoms with Gasteiger partial charge in [0.2, 0.25) is 10.0 Å². The zero-order chi connectivity index (χ0) is 22.6. The molecular formula is C23H28N4O2S2. The van der Waals surface area contributed by atoms with Crippen LogP contribution in [0, 0.1) is 13.8 Å². The van der Waals surface area contributed by atoms with Gasteiger partial charge in [0.1, 0.15) is 0 Å². The van der Waals surface area contributed by atoms with Crippen molar-refractivity contribution in [2.24, 2.45) is 4.99 Å². The van der Waals surface area contributed by atoms with Crippen molar-refractivity contribution in [1.82, 2.24) is 14.6 Å². The van der Waals surface area contributed by atoms with Crippen molar-refractivity contribution < 1.29 is 8.42 Å². The zero-order valence-electron chi connectivity index (χ0n) is 18.5. The second-order valence-corrected chi connectivity index (χ2v) is 10.2. The van der Waals surface area contributed by atoms with Crippen molar-refractivity contribution in [2.45, 2.75) is 32.1 Å². The smallest absolute Gasteiger partial charge is 0.240 e. The van der Waals surface area contributed by atoms with E-state index in [1.54, 1.807) is 35.6 Å². The number of thiazole rings is 1. The van der Waals surface area contributed by atoms with Crippen LogP contribution in [-0.4, -0.2) is 45.3 Å². The second-order valence-electron chi connectivity index (χ2n) is 7.42. The Morgan fingerprint density at radius 2 is 1.87 bits per heavy atom. The van der Waals surface area contributed by atoms with Crippen LogP contribution in [0.25, 0.3) is 11.3 Å². The predicted octanol–water partition coefficient (Wildman–Crippen LogP) is 4.54. The fourth-order valence-electron chi connectivity index (χ4n) is 3.04. The van der Waals surface area contributed by atoms with Crippen LogP contribution in [0.2, 0.25) is 0 Å². The number of sulfonamides is 1. The molecule has 0 fully saturated rings. The number of aryl methyl sites for hydroxylation is 2. The molecular weight excluding hydrogens is 428 g/mol. The van der Waals surface area contributed by atoms with E-state index in [9.17, 15) is 8.42 Å². The highest BCUT2D eigenvalue weighted by atomic mass is 32.2. The summed E-state index contributed by atoms with van der Waals surface area (Å²) in [6.45, 7) is 7.19. The minimum atomic E-state index is -3.44. The van der Waals surface area contributed by atoms with Crippen molar-refractivity contribution in [3.05, 3.63) is 63.5 Å². The zero-order valence-corrected chi connectivity index (χ0v) is 20.1. The van der Waals surface area contributed by atoms with Gasteiger partial charge >= 0.3 is 0 Å². The lowest BCUT2D eigenvalue weighted by Gasteiger charge is -2.11. The van der Waals surface area contributed by atoms with E-state index in [0.717, 1.165) is 40.5 Å². The van der Waals surface area contributed by atoms with Crippen molar-refractivity contribution in [2.75, 3.05) is 20.6 Å². The summed E-state index contributed by atoms with van der Waals surface area (Å²) in [4.78, 5) is 11.7. The molecule has 3 rings (SSSR count). The number of nitrogens with one attached hydrogen (secondary N) is 1. The van der Waals surface area contributed by atoms with Crippen LogP contribution in [0.1, 0.15) is 28.6 Å². The first-order chi connectivity index (χ1) is 14.7. The summed E-state index contributed by atoms with van der Waals surface area (Å²) < 4.78 is 26.1. The lowest BCUT2D eigenvalue weighted by atomic mass is 10.0. The normalized spacial score (nSPS) is 11.9. The number of rotatable bonds is 8. The van der Waals surface area contributed by atoms with E-state index in [0.29, 0.717) is 0 Å². The third-order valence-electron chi connectivity index (χ3n) is 5.17. The third kappa shape index (κ3) is 5.58. The van der Waals surface area contributed by atoms with Gasteiger partial charge in [0.15, 0.2) is 0 Å². The van der Waals surface area contributed by atoms with E-state index in [1.165, 1.54) is 18.2 Å². The minimum Gasteiger partial charge on any atom is -0.366 e. The maximum absolute atomic E-state index is 11.9. The molecule has 0 bridgehead atoms. The molecule has 2 aromatic carbocycles. The molecule has 0 amide bonds. The van der Waals surface area contributed by atoms with Crippen molar-refractivity contribution in [3.63, 3.8) is 0 Å². The first-order valence-electron chi connectivity index (χ1n) is 10.1.